The van der Waals surface area contributed by atoms with Gasteiger partial charge in [0, 0.05) is 36.3 Å². The number of carbonyl (C=O) groups excluding carboxylic acids is 1. The van der Waals surface area contributed by atoms with Crippen molar-refractivity contribution in [3.05, 3.63) is 66.4 Å². The van der Waals surface area contributed by atoms with Crippen molar-refractivity contribution in [3.63, 3.8) is 0 Å². The van der Waals surface area contributed by atoms with Crippen molar-refractivity contribution in [2.75, 3.05) is 19.7 Å². The second-order valence-corrected chi connectivity index (χ2v) is 11.3. The number of nitrogens with zero attached hydrogens (tertiary/aromatic N) is 7. The summed E-state index contributed by atoms with van der Waals surface area (Å²) in [5.41, 5.74) is 11.3. The quantitative estimate of drug-likeness (QED) is 0.311. The van der Waals surface area contributed by atoms with Crippen LogP contribution in [0.15, 0.2) is 55.2 Å². The summed E-state index contributed by atoms with van der Waals surface area (Å²) in [4.78, 5) is 18.7. The molecule has 11 heteroatoms. The Morgan fingerprint density at radius 1 is 1.20 bits per heavy atom. The molecule has 4 aromatic heterocycles. The molecule has 1 aliphatic heterocycles. The van der Waals surface area contributed by atoms with Gasteiger partial charge in [0.15, 0.2) is 0 Å². The van der Waals surface area contributed by atoms with E-state index < -0.39 is 6.17 Å². The number of pyridine rings is 1. The van der Waals surface area contributed by atoms with Gasteiger partial charge in [0.1, 0.15) is 36.9 Å². The highest BCUT2D eigenvalue weighted by Crippen LogP contribution is 2.39. The normalized spacial score (nSPS) is 19.3. The Bertz CT molecular complexity index is 1710. The van der Waals surface area contributed by atoms with Crippen molar-refractivity contribution in [2.24, 2.45) is 11.7 Å². The molecular weight excluding hydrogens is 523 g/mol. The SMILES string of the molecule is Cc1c(-c2cc3cccc(OCCn4cncn4)c3n2CC2CC2)nn2cc(C(=O)N3C[C@H](N)C[C@@H](F)C3)ccc12. The number of amides is 1. The number of rotatable bonds is 8. The molecule has 41 heavy (non-hydrogen) atoms. The molecule has 0 radical (unpaired) electrons. The minimum absolute atomic E-state index is 0.0679. The van der Waals surface area contributed by atoms with Crippen molar-refractivity contribution in [1.29, 1.82) is 0 Å². The molecular formula is C30H33FN8O2. The molecule has 2 atom stereocenters. The summed E-state index contributed by atoms with van der Waals surface area (Å²) in [6, 6.07) is 11.7. The van der Waals surface area contributed by atoms with E-state index >= 15 is 0 Å². The van der Waals surface area contributed by atoms with Crippen LogP contribution in [0.4, 0.5) is 4.39 Å². The standard InChI is InChI=1S/C30H33FN8O2/c1-19-25-8-7-22(30(40)36-15-23(31)12-24(32)16-36)14-39(25)35-28(19)26-11-21-3-2-4-27(29(21)38(26)13-20-5-6-20)41-10-9-37-18-33-17-34-37/h2-4,7-8,11,14,17-18,20,23-24H,5-6,9-10,12-13,15-16,32H2,1H3/t23-,24-/m1/s1. The molecule has 10 nitrogen and oxygen atoms in total. The number of ether oxygens (including phenoxy) is 1. The topological polar surface area (TPSA) is 108 Å². The third-order valence-corrected chi connectivity index (χ3v) is 8.15. The van der Waals surface area contributed by atoms with Gasteiger partial charge >= 0.3 is 0 Å². The molecule has 0 spiro atoms. The van der Waals surface area contributed by atoms with E-state index in [4.69, 9.17) is 15.6 Å². The van der Waals surface area contributed by atoms with Gasteiger partial charge in [0.25, 0.3) is 5.91 Å². The third kappa shape index (κ3) is 4.94. The van der Waals surface area contributed by atoms with Crippen LogP contribution in [0.1, 0.15) is 35.2 Å². The number of aryl methyl sites for hydroxylation is 1. The van der Waals surface area contributed by atoms with Crippen LogP contribution in [0.2, 0.25) is 0 Å². The monoisotopic (exact) mass is 556 g/mol. The number of benzene rings is 1. The molecule has 1 aliphatic carbocycles. The summed E-state index contributed by atoms with van der Waals surface area (Å²) in [5, 5.41) is 10.2. The van der Waals surface area contributed by atoms with E-state index in [-0.39, 0.29) is 24.9 Å². The minimum Gasteiger partial charge on any atom is -0.489 e. The lowest BCUT2D eigenvalue weighted by atomic mass is 10.0. The van der Waals surface area contributed by atoms with E-state index in [2.05, 4.69) is 33.7 Å². The third-order valence-electron chi connectivity index (χ3n) is 8.15. The van der Waals surface area contributed by atoms with E-state index in [1.54, 1.807) is 27.8 Å². The van der Waals surface area contributed by atoms with Gasteiger partial charge < -0.3 is 19.9 Å². The number of hydrogen-bond donors (Lipinski definition) is 1. The van der Waals surface area contributed by atoms with E-state index in [1.165, 1.54) is 24.1 Å². The molecule has 1 saturated carbocycles. The fourth-order valence-electron chi connectivity index (χ4n) is 5.91. The number of alkyl halides is 1. The van der Waals surface area contributed by atoms with Gasteiger partial charge in [-0.25, -0.2) is 18.6 Å². The molecule has 0 bridgehead atoms. The Labute approximate surface area is 236 Å². The van der Waals surface area contributed by atoms with Crippen LogP contribution in [0.3, 0.4) is 0 Å². The zero-order valence-corrected chi connectivity index (χ0v) is 23.0. The largest absolute Gasteiger partial charge is 0.489 e. The number of likely N-dealkylation sites (tertiary alicyclic amines) is 1. The molecule has 1 saturated heterocycles. The number of carbonyl (C=O) groups is 1. The Morgan fingerprint density at radius 2 is 2.07 bits per heavy atom. The van der Waals surface area contributed by atoms with E-state index in [1.807, 2.05) is 18.2 Å². The molecule has 7 rings (SSSR count). The molecule has 2 aliphatic rings. The lowest BCUT2D eigenvalue weighted by molar-refractivity contribution is 0.0606. The van der Waals surface area contributed by atoms with Crippen LogP contribution < -0.4 is 10.5 Å². The molecule has 5 aromatic rings. The van der Waals surface area contributed by atoms with Crippen LogP contribution >= 0.6 is 0 Å². The van der Waals surface area contributed by atoms with Crippen LogP contribution in [-0.2, 0) is 13.1 Å². The second-order valence-electron chi connectivity index (χ2n) is 11.3. The summed E-state index contributed by atoms with van der Waals surface area (Å²) >= 11 is 0. The predicted octanol–water partition coefficient (Wildman–Crippen LogP) is 3.86. The smallest absolute Gasteiger partial charge is 0.255 e. The van der Waals surface area contributed by atoms with E-state index in [0.717, 1.165) is 45.7 Å². The second kappa shape index (κ2) is 10.3. The maximum Gasteiger partial charge on any atom is 0.255 e. The highest BCUT2D eigenvalue weighted by atomic mass is 19.1. The van der Waals surface area contributed by atoms with Gasteiger partial charge in [-0.05, 0) is 56.4 Å². The molecule has 212 valence electrons. The first-order valence-corrected chi connectivity index (χ1v) is 14.2. The summed E-state index contributed by atoms with van der Waals surface area (Å²) in [7, 11) is 0. The first-order chi connectivity index (χ1) is 19.9. The van der Waals surface area contributed by atoms with Gasteiger partial charge in [0.2, 0.25) is 0 Å². The number of nitrogens with two attached hydrogens (primary N) is 1. The van der Waals surface area contributed by atoms with Gasteiger partial charge in [0.05, 0.1) is 35.4 Å². The predicted molar refractivity (Wildman–Crippen MR) is 152 cm³/mol. The number of aromatic nitrogens is 6. The fourth-order valence-corrected chi connectivity index (χ4v) is 5.91. The van der Waals surface area contributed by atoms with Crippen LogP contribution in [-0.4, -0.2) is 71.7 Å². The zero-order valence-electron chi connectivity index (χ0n) is 23.0. The fraction of sp³-hybridized carbons (Fsp3) is 0.400. The first-order valence-electron chi connectivity index (χ1n) is 14.2. The summed E-state index contributed by atoms with van der Waals surface area (Å²) in [6.07, 6.45) is 6.56. The van der Waals surface area contributed by atoms with Crippen LogP contribution in [0.5, 0.6) is 5.75 Å². The number of para-hydroxylation sites is 1. The molecule has 2 N–H and O–H groups in total. The van der Waals surface area contributed by atoms with Crippen molar-refractivity contribution >= 4 is 22.3 Å². The molecule has 0 unspecified atom stereocenters. The van der Waals surface area contributed by atoms with Crippen molar-refractivity contribution in [3.8, 4) is 17.1 Å². The minimum atomic E-state index is -1.10. The Morgan fingerprint density at radius 3 is 2.85 bits per heavy atom. The zero-order chi connectivity index (χ0) is 28.1. The average Bonchev–Trinajstić information content (AvgIpc) is 3.33. The Hall–Kier alpha value is -4.25. The highest BCUT2D eigenvalue weighted by Gasteiger charge is 2.30. The van der Waals surface area contributed by atoms with E-state index in [0.29, 0.717) is 31.2 Å². The lowest BCUT2D eigenvalue weighted by Crippen LogP contribution is -2.50. The van der Waals surface area contributed by atoms with Gasteiger partial charge in [-0.15, -0.1) is 0 Å². The molecule has 2 fully saturated rings. The lowest BCUT2D eigenvalue weighted by Gasteiger charge is -2.32. The highest BCUT2D eigenvalue weighted by molar-refractivity contribution is 5.95. The van der Waals surface area contributed by atoms with Gasteiger partial charge in [-0.1, -0.05) is 12.1 Å². The molecule has 1 amide bonds. The first kappa shape index (κ1) is 25.7. The number of piperidine rings is 1. The maximum atomic E-state index is 14.1. The molecule has 5 heterocycles. The van der Waals surface area contributed by atoms with Crippen molar-refractivity contribution in [1.82, 2.24) is 33.8 Å². The van der Waals surface area contributed by atoms with Crippen molar-refractivity contribution < 1.29 is 13.9 Å². The summed E-state index contributed by atoms with van der Waals surface area (Å²) in [6.45, 7) is 4.45. The number of fused-ring (bicyclic) bond motifs is 2. The van der Waals surface area contributed by atoms with E-state index in [9.17, 15) is 9.18 Å². The molecule has 1 aromatic carbocycles. The van der Waals surface area contributed by atoms with Gasteiger partial charge in [-0.3, -0.25) is 4.79 Å². The average molecular weight is 557 g/mol. The maximum absolute atomic E-state index is 14.1. The van der Waals surface area contributed by atoms with Crippen molar-refractivity contribution in [2.45, 2.75) is 51.5 Å². The summed E-state index contributed by atoms with van der Waals surface area (Å²) < 4.78 is 26.3. The number of halogens is 1. The van der Waals surface area contributed by atoms with Gasteiger partial charge in [-0.2, -0.15) is 10.2 Å². The Kier molecular flexibility index (Phi) is 6.45. The van der Waals surface area contributed by atoms with Crippen LogP contribution in [0.25, 0.3) is 27.8 Å². The number of hydrogen-bond acceptors (Lipinski definition) is 6. The Balaban J connectivity index is 1.24. The summed E-state index contributed by atoms with van der Waals surface area (Å²) in [5.74, 6) is 1.23. The van der Waals surface area contributed by atoms with Crippen LogP contribution in [0, 0.1) is 12.8 Å².